The predicted octanol–water partition coefficient (Wildman–Crippen LogP) is 6.99. The minimum atomic E-state index is -0.308. The van der Waals surface area contributed by atoms with Crippen LogP contribution in [0.3, 0.4) is 0 Å². The van der Waals surface area contributed by atoms with Crippen LogP contribution in [0.2, 0.25) is 6.04 Å². The Balaban J connectivity index is 3.51. The van der Waals surface area contributed by atoms with Gasteiger partial charge in [-0.1, -0.05) is 59.3 Å². The van der Waals surface area contributed by atoms with Gasteiger partial charge in [-0.2, -0.15) is 23.5 Å². The summed E-state index contributed by atoms with van der Waals surface area (Å²) in [5.74, 6) is 6.51. The van der Waals surface area contributed by atoms with Gasteiger partial charge in [-0.3, -0.25) is 0 Å². The van der Waals surface area contributed by atoms with Gasteiger partial charge in [0, 0.05) is 5.75 Å². The maximum atomic E-state index is 6.31. The molecule has 1 nitrogen and oxygen atoms in total. The van der Waals surface area contributed by atoms with Crippen LogP contribution in [0.25, 0.3) is 0 Å². The number of thioether (sulfide) groups is 3. The van der Waals surface area contributed by atoms with Crippen LogP contribution in [-0.4, -0.2) is 44.0 Å². The molecule has 0 saturated carbocycles. The van der Waals surface area contributed by atoms with Crippen LogP contribution in [0.15, 0.2) is 0 Å². The summed E-state index contributed by atoms with van der Waals surface area (Å²) in [5, 5.41) is 0. The molecule has 0 aromatic rings. The molecule has 0 aliphatic rings. The largest absolute Gasteiger partial charge is 0.411 e. The Hall–Kier alpha value is 1.23. The van der Waals surface area contributed by atoms with E-state index >= 15 is 0 Å². The lowest BCUT2D eigenvalue weighted by Crippen LogP contribution is -2.16. The van der Waals surface area contributed by atoms with Crippen LogP contribution in [0.1, 0.15) is 85.0 Å². The van der Waals surface area contributed by atoms with E-state index in [1.165, 1.54) is 99.0 Å². The third-order valence-electron chi connectivity index (χ3n) is 4.08. The lowest BCUT2D eigenvalue weighted by molar-refractivity contribution is 0.329. The standard InChI is InChI=1S/C20H44OS3Si/c1-4-7-10-11-12-15-22-16-13-18-25-21-20(24-17-9-6-3)19-23-14-8-5-2/h20H,4-19,25H2,1-3H3. The monoisotopic (exact) mass is 424 g/mol. The van der Waals surface area contributed by atoms with Crippen molar-refractivity contribution in [1.29, 1.82) is 0 Å². The Morgan fingerprint density at radius 1 is 0.680 bits per heavy atom. The van der Waals surface area contributed by atoms with Gasteiger partial charge in [0.05, 0.1) is 5.44 Å². The highest BCUT2D eigenvalue weighted by atomic mass is 32.2. The molecule has 0 spiro atoms. The van der Waals surface area contributed by atoms with E-state index in [9.17, 15) is 0 Å². The molecule has 0 amide bonds. The van der Waals surface area contributed by atoms with Crippen LogP contribution in [0.4, 0.5) is 0 Å². The Morgan fingerprint density at radius 2 is 1.32 bits per heavy atom. The summed E-state index contributed by atoms with van der Waals surface area (Å²) < 4.78 is 6.31. The van der Waals surface area contributed by atoms with Crippen molar-refractivity contribution in [3.05, 3.63) is 0 Å². The molecule has 0 rings (SSSR count). The van der Waals surface area contributed by atoms with Gasteiger partial charge in [-0.05, 0) is 54.7 Å². The van der Waals surface area contributed by atoms with Crippen molar-refractivity contribution in [2.45, 2.75) is 96.5 Å². The van der Waals surface area contributed by atoms with E-state index in [-0.39, 0.29) is 9.76 Å². The fourth-order valence-corrected chi connectivity index (χ4v) is 7.93. The third kappa shape index (κ3) is 21.4. The van der Waals surface area contributed by atoms with Gasteiger partial charge in [-0.25, -0.2) is 0 Å². The molecule has 5 heteroatoms. The lowest BCUT2D eigenvalue weighted by atomic mass is 10.2. The highest BCUT2D eigenvalue weighted by molar-refractivity contribution is 8.03. The number of hydrogen-bond donors (Lipinski definition) is 0. The van der Waals surface area contributed by atoms with Crippen molar-refractivity contribution in [2.24, 2.45) is 0 Å². The lowest BCUT2D eigenvalue weighted by Gasteiger charge is -2.17. The highest BCUT2D eigenvalue weighted by Crippen LogP contribution is 2.20. The molecule has 0 N–H and O–H groups in total. The van der Waals surface area contributed by atoms with Gasteiger partial charge in [0.25, 0.3) is 0 Å². The van der Waals surface area contributed by atoms with E-state index in [0.29, 0.717) is 5.44 Å². The number of unbranched alkanes of at least 4 members (excludes halogenated alkanes) is 6. The second kappa shape index (κ2) is 23.3. The zero-order valence-corrected chi connectivity index (χ0v) is 21.1. The van der Waals surface area contributed by atoms with Crippen LogP contribution in [0, 0.1) is 0 Å². The van der Waals surface area contributed by atoms with Gasteiger partial charge in [0.1, 0.15) is 0 Å². The summed E-state index contributed by atoms with van der Waals surface area (Å²) in [4.78, 5) is 0. The SMILES string of the molecule is CCCCCCCSCCC[SiH2]OC(CSCCCC)SCCCC. The van der Waals surface area contributed by atoms with Gasteiger partial charge >= 0.3 is 0 Å². The average Bonchev–Trinajstić information content (AvgIpc) is 2.62. The summed E-state index contributed by atoms with van der Waals surface area (Å²) in [6.07, 6.45) is 13.7. The molecule has 1 unspecified atom stereocenters. The first-order valence-electron chi connectivity index (χ1n) is 10.7. The summed E-state index contributed by atoms with van der Waals surface area (Å²) >= 11 is 6.33. The fraction of sp³-hybridized carbons (Fsp3) is 1.00. The average molecular weight is 425 g/mol. The van der Waals surface area contributed by atoms with Crippen LogP contribution in [0.5, 0.6) is 0 Å². The molecule has 0 radical (unpaired) electrons. The minimum Gasteiger partial charge on any atom is -0.411 e. The Labute approximate surface area is 174 Å². The first-order valence-corrected chi connectivity index (χ1v) is 15.7. The molecule has 0 heterocycles. The highest BCUT2D eigenvalue weighted by Gasteiger charge is 2.09. The Kier molecular flexibility index (Phi) is 24.4. The zero-order valence-electron chi connectivity index (χ0n) is 17.2. The molecule has 0 bridgehead atoms. The Morgan fingerprint density at radius 3 is 2.08 bits per heavy atom. The Bertz CT molecular complexity index is 245. The van der Waals surface area contributed by atoms with Gasteiger partial charge in [0.15, 0.2) is 9.76 Å². The van der Waals surface area contributed by atoms with E-state index in [1.807, 2.05) is 0 Å². The molecular weight excluding hydrogens is 381 g/mol. The number of rotatable bonds is 21. The molecule has 0 aromatic heterocycles. The maximum absolute atomic E-state index is 6.31. The predicted molar refractivity (Wildman–Crippen MR) is 129 cm³/mol. The molecular formula is C20H44OS3Si. The van der Waals surface area contributed by atoms with Crippen LogP contribution >= 0.6 is 35.3 Å². The molecule has 0 aliphatic carbocycles. The van der Waals surface area contributed by atoms with E-state index in [2.05, 4.69) is 56.1 Å². The van der Waals surface area contributed by atoms with Crippen molar-refractivity contribution < 1.29 is 4.43 Å². The molecule has 0 saturated heterocycles. The third-order valence-corrected chi connectivity index (χ3v) is 9.43. The molecule has 25 heavy (non-hydrogen) atoms. The molecule has 0 fully saturated rings. The summed E-state index contributed by atoms with van der Waals surface area (Å²) in [7, 11) is -0.308. The summed E-state index contributed by atoms with van der Waals surface area (Å²) in [6.45, 7) is 6.85. The van der Waals surface area contributed by atoms with Crippen molar-refractivity contribution in [3.8, 4) is 0 Å². The maximum Gasteiger partial charge on any atom is 0.163 e. The van der Waals surface area contributed by atoms with Gasteiger partial charge in [0.2, 0.25) is 0 Å². The smallest absolute Gasteiger partial charge is 0.163 e. The quantitative estimate of drug-likeness (QED) is 0.111. The molecule has 0 aliphatic heterocycles. The van der Waals surface area contributed by atoms with Gasteiger partial charge in [-0.15, -0.1) is 11.8 Å². The zero-order chi connectivity index (χ0) is 18.4. The van der Waals surface area contributed by atoms with Crippen molar-refractivity contribution in [2.75, 3.05) is 28.8 Å². The minimum absolute atomic E-state index is 0.308. The van der Waals surface area contributed by atoms with Crippen LogP contribution in [-0.2, 0) is 4.43 Å². The number of hydrogen-bond acceptors (Lipinski definition) is 4. The second-order valence-electron chi connectivity index (χ2n) is 6.69. The van der Waals surface area contributed by atoms with E-state index in [4.69, 9.17) is 4.43 Å². The first-order chi connectivity index (χ1) is 12.3. The molecule has 1 atom stereocenters. The van der Waals surface area contributed by atoms with Crippen molar-refractivity contribution in [3.63, 3.8) is 0 Å². The molecule has 152 valence electrons. The first kappa shape index (κ1) is 26.2. The normalized spacial score (nSPS) is 13.1. The van der Waals surface area contributed by atoms with E-state index in [0.717, 1.165) is 0 Å². The van der Waals surface area contributed by atoms with E-state index in [1.54, 1.807) is 0 Å². The summed E-state index contributed by atoms with van der Waals surface area (Å²) in [5.41, 5.74) is 0.478. The summed E-state index contributed by atoms with van der Waals surface area (Å²) in [6, 6.07) is 1.37. The fourth-order valence-electron chi connectivity index (χ4n) is 2.36. The van der Waals surface area contributed by atoms with Crippen molar-refractivity contribution >= 4 is 45.0 Å². The van der Waals surface area contributed by atoms with Crippen molar-refractivity contribution in [1.82, 2.24) is 0 Å². The molecule has 0 aromatic carbocycles. The van der Waals surface area contributed by atoms with E-state index < -0.39 is 0 Å². The van der Waals surface area contributed by atoms with Gasteiger partial charge < -0.3 is 4.43 Å². The second-order valence-corrected chi connectivity index (χ2v) is 11.8. The topological polar surface area (TPSA) is 9.23 Å². The van der Waals surface area contributed by atoms with Crippen LogP contribution < -0.4 is 0 Å².